The van der Waals surface area contributed by atoms with Crippen LogP contribution in [0.25, 0.3) is 22.2 Å². The van der Waals surface area contributed by atoms with Gasteiger partial charge in [0.05, 0.1) is 11.2 Å². The fourth-order valence-corrected chi connectivity index (χ4v) is 2.72. The number of aromatic hydroxyl groups is 1. The Morgan fingerprint density at radius 2 is 1.86 bits per heavy atom. The molecule has 2 aromatic carbocycles. The van der Waals surface area contributed by atoms with Gasteiger partial charge in [0.2, 0.25) is 6.79 Å². The normalized spacial score (nSPS) is 12.4. The van der Waals surface area contributed by atoms with Gasteiger partial charge in [0.25, 0.3) is 0 Å². The summed E-state index contributed by atoms with van der Waals surface area (Å²) in [6.45, 7) is 2.31. The van der Waals surface area contributed by atoms with Crippen molar-refractivity contribution in [2.24, 2.45) is 0 Å². The van der Waals surface area contributed by atoms with Crippen LogP contribution in [0.3, 0.4) is 0 Å². The number of H-pyrrole nitrogens is 1. The number of nitrogens with one attached hydrogen (secondary N) is 1. The number of phenolic OH excluding ortho intramolecular Hbond substituents is 1. The highest BCUT2D eigenvalue weighted by Crippen LogP contribution is 2.40. The number of aromatic nitrogens is 1. The molecule has 114 valence electrons. The largest absolute Gasteiger partial charge is 0.506 e. The first-order chi connectivity index (χ1) is 10.1. The molecule has 22 heavy (non-hydrogen) atoms. The molecule has 5 nitrogen and oxygen atoms in total. The van der Waals surface area contributed by atoms with Crippen molar-refractivity contribution in [1.82, 2.24) is 4.98 Å². The molecule has 0 saturated heterocycles. The van der Waals surface area contributed by atoms with E-state index in [4.69, 9.17) is 15.2 Å². The molecule has 1 aliphatic heterocycles. The average Bonchev–Trinajstić information content (AvgIpc) is 3.04. The van der Waals surface area contributed by atoms with Gasteiger partial charge in [-0.15, -0.1) is 12.4 Å². The molecule has 3 aromatic rings. The van der Waals surface area contributed by atoms with Crippen LogP contribution in [0.2, 0.25) is 0 Å². The van der Waals surface area contributed by atoms with Gasteiger partial charge in [-0.25, -0.2) is 0 Å². The maximum Gasteiger partial charge on any atom is 0.231 e. The molecule has 0 radical (unpaired) electrons. The lowest BCUT2D eigenvalue weighted by Crippen LogP contribution is -1.92. The van der Waals surface area contributed by atoms with E-state index in [-0.39, 0.29) is 24.9 Å². The number of aryl methyl sites for hydroxylation is 1. The Labute approximate surface area is 133 Å². The Hall–Kier alpha value is -2.53. The molecule has 1 aromatic heterocycles. The molecule has 0 fully saturated rings. The number of phenols is 1. The second-order valence-electron chi connectivity index (χ2n) is 5.15. The van der Waals surface area contributed by atoms with Crippen molar-refractivity contribution in [2.45, 2.75) is 6.92 Å². The molecule has 0 spiro atoms. The van der Waals surface area contributed by atoms with Crippen molar-refractivity contribution in [2.75, 3.05) is 12.5 Å². The van der Waals surface area contributed by atoms with E-state index < -0.39 is 0 Å². The summed E-state index contributed by atoms with van der Waals surface area (Å²) in [4.78, 5) is 3.38. The standard InChI is InChI=1S/C16H14N2O3.ClH/c1-8-10-5-14-15(21-7-20-14)6-12(10)18-16(8)9-2-3-13(19)11(17)4-9;/h2-6,18-19H,7,17H2,1H3;1H. The van der Waals surface area contributed by atoms with Crippen LogP contribution >= 0.6 is 12.4 Å². The SMILES string of the molecule is Cc1c(-c2ccc(O)c(N)c2)[nH]c2cc3c(cc12)OCO3.Cl. The van der Waals surface area contributed by atoms with Crippen LogP contribution in [0, 0.1) is 6.92 Å². The van der Waals surface area contributed by atoms with Gasteiger partial charge in [0.1, 0.15) is 5.75 Å². The van der Waals surface area contributed by atoms with E-state index in [1.807, 2.05) is 25.1 Å². The number of nitrogens with two attached hydrogens (primary N) is 1. The van der Waals surface area contributed by atoms with Crippen LogP contribution in [-0.4, -0.2) is 16.9 Å². The van der Waals surface area contributed by atoms with Crippen molar-refractivity contribution in [1.29, 1.82) is 0 Å². The average molecular weight is 319 g/mol. The van der Waals surface area contributed by atoms with Crippen molar-refractivity contribution < 1.29 is 14.6 Å². The number of halogens is 1. The summed E-state index contributed by atoms with van der Waals surface area (Å²) in [7, 11) is 0. The minimum Gasteiger partial charge on any atom is -0.506 e. The van der Waals surface area contributed by atoms with Crippen LogP contribution < -0.4 is 15.2 Å². The monoisotopic (exact) mass is 318 g/mol. The third-order valence-corrected chi connectivity index (χ3v) is 3.87. The molecule has 0 saturated carbocycles. The second kappa shape index (κ2) is 5.03. The van der Waals surface area contributed by atoms with Gasteiger partial charge in [-0.1, -0.05) is 0 Å². The zero-order valence-electron chi connectivity index (χ0n) is 11.8. The van der Waals surface area contributed by atoms with Crippen LogP contribution in [0.15, 0.2) is 30.3 Å². The van der Waals surface area contributed by atoms with E-state index in [1.54, 1.807) is 12.1 Å². The fourth-order valence-electron chi connectivity index (χ4n) is 2.72. The smallest absolute Gasteiger partial charge is 0.231 e. The number of fused-ring (bicyclic) bond motifs is 2. The Kier molecular flexibility index (Phi) is 3.30. The maximum atomic E-state index is 9.54. The highest BCUT2D eigenvalue weighted by Gasteiger charge is 2.18. The van der Waals surface area contributed by atoms with Gasteiger partial charge in [-0.05, 0) is 36.8 Å². The summed E-state index contributed by atoms with van der Waals surface area (Å²) in [5.41, 5.74) is 10.1. The van der Waals surface area contributed by atoms with Crippen LogP contribution in [0.1, 0.15) is 5.56 Å². The van der Waals surface area contributed by atoms with Gasteiger partial charge >= 0.3 is 0 Å². The summed E-state index contributed by atoms with van der Waals surface area (Å²) in [5, 5.41) is 10.6. The number of hydrogen-bond donors (Lipinski definition) is 3. The third-order valence-electron chi connectivity index (χ3n) is 3.87. The molecule has 0 atom stereocenters. The molecule has 0 amide bonds. The highest BCUT2D eigenvalue weighted by atomic mass is 35.5. The lowest BCUT2D eigenvalue weighted by Gasteiger charge is -2.04. The highest BCUT2D eigenvalue weighted by molar-refractivity contribution is 5.93. The Balaban J connectivity index is 0.00000144. The van der Waals surface area contributed by atoms with Crippen molar-refractivity contribution in [3.05, 3.63) is 35.9 Å². The number of anilines is 1. The summed E-state index contributed by atoms with van der Waals surface area (Å²) in [5.74, 6) is 1.61. The Morgan fingerprint density at radius 3 is 2.59 bits per heavy atom. The molecule has 1 aliphatic rings. The Morgan fingerprint density at radius 1 is 1.14 bits per heavy atom. The number of rotatable bonds is 1. The summed E-state index contributed by atoms with van der Waals surface area (Å²) >= 11 is 0. The first kappa shape index (κ1) is 14.4. The number of ether oxygens (including phenoxy) is 2. The van der Waals surface area contributed by atoms with Crippen LogP contribution in [-0.2, 0) is 0 Å². The number of hydrogen-bond acceptors (Lipinski definition) is 4. The zero-order valence-corrected chi connectivity index (χ0v) is 12.7. The minimum atomic E-state index is 0. The maximum absolute atomic E-state index is 9.54. The first-order valence-electron chi connectivity index (χ1n) is 6.64. The van der Waals surface area contributed by atoms with Gasteiger partial charge < -0.3 is 25.3 Å². The van der Waals surface area contributed by atoms with Crippen molar-refractivity contribution in [3.63, 3.8) is 0 Å². The molecule has 0 aliphatic carbocycles. The zero-order chi connectivity index (χ0) is 14.6. The lowest BCUT2D eigenvalue weighted by molar-refractivity contribution is 0.174. The molecule has 4 rings (SSSR count). The van der Waals surface area contributed by atoms with E-state index in [0.717, 1.165) is 39.2 Å². The third kappa shape index (κ3) is 2.02. The molecular weight excluding hydrogens is 304 g/mol. The molecular formula is C16H15ClN2O3. The predicted molar refractivity (Wildman–Crippen MR) is 87.9 cm³/mol. The lowest BCUT2D eigenvalue weighted by atomic mass is 10.1. The minimum absolute atomic E-state index is 0. The first-order valence-corrected chi connectivity index (χ1v) is 6.64. The van der Waals surface area contributed by atoms with Crippen molar-refractivity contribution >= 4 is 29.0 Å². The number of benzene rings is 2. The van der Waals surface area contributed by atoms with E-state index >= 15 is 0 Å². The molecule has 6 heteroatoms. The second-order valence-corrected chi connectivity index (χ2v) is 5.15. The predicted octanol–water partition coefficient (Wildman–Crippen LogP) is 3.58. The number of aromatic amines is 1. The molecule has 0 unspecified atom stereocenters. The number of nitrogen functional groups attached to an aromatic ring is 1. The fraction of sp³-hybridized carbons (Fsp3) is 0.125. The van der Waals surface area contributed by atoms with Gasteiger partial charge in [-0.2, -0.15) is 0 Å². The van der Waals surface area contributed by atoms with Crippen LogP contribution in [0.5, 0.6) is 17.2 Å². The van der Waals surface area contributed by atoms with Gasteiger partial charge in [0.15, 0.2) is 11.5 Å². The molecule has 2 heterocycles. The van der Waals surface area contributed by atoms with E-state index in [2.05, 4.69) is 4.98 Å². The molecule has 0 bridgehead atoms. The van der Waals surface area contributed by atoms with E-state index in [1.165, 1.54) is 0 Å². The van der Waals surface area contributed by atoms with Crippen LogP contribution in [0.4, 0.5) is 5.69 Å². The van der Waals surface area contributed by atoms with Gasteiger partial charge in [-0.3, -0.25) is 0 Å². The van der Waals surface area contributed by atoms with Crippen molar-refractivity contribution in [3.8, 4) is 28.5 Å². The summed E-state index contributed by atoms with van der Waals surface area (Å²) in [6.07, 6.45) is 0. The quantitative estimate of drug-likeness (QED) is 0.473. The molecule has 4 N–H and O–H groups in total. The van der Waals surface area contributed by atoms with E-state index in [9.17, 15) is 5.11 Å². The van der Waals surface area contributed by atoms with Gasteiger partial charge in [0, 0.05) is 22.7 Å². The topological polar surface area (TPSA) is 80.5 Å². The summed E-state index contributed by atoms with van der Waals surface area (Å²) < 4.78 is 10.8. The summed E-state index contributed by atoms with van der Waals surface area (Å²) in [6, 6.07) is 9.12. The van der Waals surface area contributed by atoms with E-state index in [0.29, 0.717) is 5.69 Å². The Bertz CT molecular complexity index is 873.